The molecule has 0 radical (unpaired) electrons. The number of hydrogen-bond acceptors (Lipinski definition) is 4. The molecule has 0 unspecified atom stereocenters. The van der Waals surface area contributed by atoms with E-state index in [-0.39, 0.29) is 37.4 Å². The van der Waals surface area contributed by atoms with Gasteiger partial charge < -0.3 is 9.88 Å². The van der Waals surface area contributed by atoms with Crippen molar-refractivity contribution in [3.05, 3.63) is 22.4 Å². The second kappa shape index (κ2) is 8.23. The van der Waals surface area contributed by atoms with Crippen LogP contribution in [0.1, 0.15) is 69.2 Å². The lowest BCUT2D eigenvalue weighted by Crippen LogP contribution is -2.27. The van der Waals surface area contributed by atoms with E-state index in [9.17, 15) is 27.2 Å². The zero-order chi connectivity index (χ0) is 22.2. The summed E-state index contributed by atoms with van der Waals surface area (Å²) < 4.78 is 52.7. The lowest BCUT2D eigenvalue weighted by Gasteiger charge is -2.28. The lowest BCUT2D eigenvalue weighted by molar-refractivity contribution is -0.118. The molecule has 3 fully saturated rings. The first-order valence-electron chi connectivity index (χ1n) is 10.6. The molecule has 0 aromatic carbocycles. The first-order valence-corrected chi connectivity index (χ1v) is 10.6. The van der Waals surface area contributed by atoms with Crippen molar-refractivity contribution in [2.45, 2.75) is 75.2 Å². The third kappa shape index (κ3) is 4.74. The number of aromatic amines is 1. The molecule has 7 nitrogen and oxygen atoms in total. The molecule has 2 saturated carbocycles. The van der Waals surface area contributed by atoms with Gasteiger partial charge in [0.05, 0.1) is 18.8 Å². The van der Waals surface area contributed by atoms with Crippen LogP contribution in [0.4, 0.5) is 17.6 Å². The molecule has 11 heteroatoms. The van der Waals surface area contributed by atoms with Crippen molar-refractivity contribution in [2.75, 3.05) is 13.1 Å². The number of amides is 1. The standard InChI is InChI=1S/C15H18F2N4O.C5H7F2NO/c16-15(17)6-4-10(5-7-15)21-13-11(8-18-21)14(22)20-12(19-13)9-2-1-3-9;6-5(7)1-2-8(3-5)4-9/h8-10H,1-7H2,(H,19,20,22);4H,1-3H2. The Morgan fingerprint density at radius 2 is 1.77 bits per heavy atom. The maximum Gasteiger partial charge on any atom is 0.267 e. The van der Waals surface area contributed by atoms with Gasteiger partial charge in [-0.15, -0.1) is 0 Å². The van der Waals surface area contributed by atoms with Gasteiger partial charge in [-0.1, -0.05) is 6.42 Å². The maximum atomic E-state index is 13.3. The molecular weight excluding hydrogens is 418 g/mol. The predicted molar refractivity (Wildman–Crippen MR) is 104 cm³/mol. The van der Waals surface area contributed by atoms with E-state index in [2.05, 4.69) is 15.1 Å². The van der Waals surface area contributed by atoms with Crippen LogP contribution < -0.4 is 5.56 Å². The summed E-state index contributed by atoms with van der Waals surface area (Å²) in [7, 11) is 0. The first-order chi connectivity index (χ1) is 14.7. The highest BCUT2D eigenvalue weighted by Crippen LogP contribution is 2.39. The Balaban J connectivity index is 0.000000217. The average Bonchev–Trinajstić information content (AvgIpc) is 3.24. The number of likely N-dealkylation sites (tertiary alicyclic amines) is 1. The van der Waals surface area contributed by atoms with Crippen LogP contribution in [-0.4, -0.2) is 56.0 Å². The van der Waals surface area contributed by atoms with E-state index in [0.717, 1.165) is 24.2 Å². The van der Waals surface area contributed by atoms with Crippen LogP contribution in [0.25, 0.3) is 11.0 Å². The highest BCUT2D eigenvalue weighted by molar-refractivity contribution is 5.73. The fraction of sp³-hybridized carbons (Fsp3) is 0.700. The number of alkyl halides is 4. The summed E-state index contributed by atoms with van der Waals surface area (Å²) in [6, 6.07) is -0.0966. The molecule has 1 amide bonds. The van der Waals surface area contributed by atoms with Crippen molar-refractivity contribution in [3.8, 4) is 0 Å². The third-order valence-corrected chi connectivity index (χ3v) is 6.35. The third-order valence-electron chi connectivity index (χ3n) is 6.35. The Kier molecular flexibility index (Phi) is 5.78. The number of nitrogens with zero attached hydrogens (tertiary/aromatic N) is 4. The number of nitrogens with one attached hydrogen (secondary N) is 1. The van der Waals surface area contributed by atoms with Crippen molar-refractivity contribution in [2.24, 2.45) is 0 Å². The van der Waals surface area contributed by atoms with Gasteiger partial charge in [0.25, 0.3) is 11.5 Å². The van der Waals surface area contributed by atoms with Crippen molar-refractivity contribution in [3.63, 3.8) is 0 Å². The molecule has 0 bridgehead atoms. The van der Waals surface area contributed by atoms with Crippen LogP contribution in [0.3, 0.4) is 0 Å². The SMILES string of the molecule is O=CN1CCC(F)(F)C1.O=c1[nH]c(C2CCC2)nc2c1cnn2C1CCC(F)(F)CC1. The minimum atomic E-state index is -2.64. The number of carbonyl (C=O) groups excluding carboxylic acids is 1. The van der Waals surface area contributed by atoms with E-state index in [1.54, 1.807) is 4.68 Å². The number of halogens is 4. The van der Waals surface area contributed by atoms with Crippen molar-refractivity contribution >= 4 is 17.4 Å². The smallest absolute Gasteiger partial charge is 0.267 e. The Bertz CT molecular complexity index is 991. The average molecular weight is 443 g/mol. The van der Waals surface area contributed by atoms with Crippen molar-refractivity contribution in [1.82, 2.24) is 24.6 Å². The molecule has 5 rings (SSSR count). The molecule has 0 spiro atoms. The van der Waals surface area contributed by atoms with Crippen LogP contribution in [0, 0.1) is 0 Å². The Morgan fingerprint density at radius 1 is 1.06 bits per heavy atom. The molecular formula is C20H25F4N5O2. The first kappa shape index (κ1) is 21.8. The number of carbonyl (C=O) groups is 1. The van der Waals surface area contributed by atoms with E-state index >= 15 is 0 Å². The van der Waals surface area contributed by atoms with Gasteiger partial charge in [-0.2, -0.15) is 5.10 Å². The summed E-state index contributed by atoms with van der Waals surface area (Å²) in [6.45, 7) is -0.215. The van der Waals surface area contributed by atoms with Gasteiger partial charge in [0.2, 0.25) is 12.3 Å². The number of fused-ring (bicyclic) bond motifs is 1. The second-order valence-electron chi connectivity index (χ2n) is 8.67. The molecule has 2 aromatic rings. The Hall–Kier alpha value is -2.46. The van der Waals surface area contributed by atoms with Gasteiger partial charge in [0, 0.05) is 31.7 Å². The Morgan fingerprint density at radius 3 is 2.29 bits per heavy atom. The van der Waals surface area contributed by atoms with E-state index in [4.69, 9.17) is 0 Å². The maximum absolute atomic E-state index is 13.3. The van der Waals surface area contributed by atoms with Crippen LogP contribution in [0.15, 0.2) is 11.0 Å². The molecule has 1 saturated heterocycles. The zero-order valence-corrected chi connectivity index (χ0v) is 17.0. The topological polar surface area (TPSA) is 83.9 Å². The second-order valence-corrected chi connectivity index (χ2v) is 8.67. The van der Waals surface area contributed by atoms with Gasteiger partial charge in [-0.3, -0.25) is 9.59 Å². The van der Waals surface area contributed by atoms with E-state index in [1.807, 2.05) is 0 Å². The minimum absolute atomic E-state index is 0.0966. The van der Waals surface area contributed by atoms with Gasteiger partial charge in [0.15, 0.2) is 5.65 Å². The van der Waals surface area contributed by atoms with Gasteiger partial charge in [0.1, 0.15) is 11.2 Å². The quantitative estimate of drug-likeness (QED) is 0.580. The van der Waals surface area contributed by atoms with Crippen molar-refractivity contribution < 1.29 is 22.4 Å². The molecule has 2 aromatic heterocycles. The van der Waals surface area contributed by atoms with E-state index in [0.29, 0.717) is 42.0 Å². The molecule has 0 atom stereocenters. The normalized spacial score (nSPS) is 23.3. The Labute approximate surface area is 175 Å². The summed E-state index contributed by atoms with van der Waals surface area (Å²) in [5.41, 5.74) is 0.361. The zero-order valence-electron chi connectivity index (χ0n) is 17.0. The molecule has 2 aliphatic carbocycles. The summed E-state index contributed by atoms with van der Waals surface area (Å²) >= 11 is 0. The molecule has 1 N–H and O–H groups in total. The number of aromatic nitrogens is 4. The molecule has 170 valence electrons. The predicted octanol–water partition coefficient (Wildman–Crippen LogP) is 3.62. The van der Waals surface area contributed by atoms with Crippen LogP contribution in [-0.2, 0) is 4.79 Å². The number of rotatable bonds is 3. The van der Waals surface area contributed by atoms with E-state index < -0.39 is 18.4 Å². The summed E-state index contributed by atoms with van der Waals surface area (Å²) in [5, 5.41) is 4.71. The summed E-state index contributed by atoms with van der Waals surface area (Å²) in [5.74, 6) is -4.18. The van der Waals surface area contributed by atoms with Crippen LogP contribution >= 0.6 is 0 Å². The molecule has 3 heterocycles. The van der Waals surface area contributed by atoms with Crippen molar-refractivity contribution in [1.29, 1.82) is 0 Å². The highest BCUT2D eigenvalue weighted by atomic mass is 19.3. The number of H-pyrrole nitrogens is 1. The molecule has 1 aliphatic heterocycles. The fourth-order valence-corrected chi connectivity index (χ4v) is 4.22. The summed E-state index contributed by atoms with van der Waals surface area (Å²) in [4.78, 5) is 30.6. The largest absolute Gasteiger partial charge is 0.339 e. The lowest BCUT2D eigenvalue weighted by atomic mass is 9.85. The molecule has 3 aliphatic rings. The van der Waals surface area contributed by atoms with Crippen LogP contribution in [0.2, 0.25) is 0 Å². The number of hydrogen-bond donors (Lipinski definition) is 1. The van der Waals surface area contributed by atoms with Gasteiger partial charge in [-0.05, 0) is 25.7 Å². The highest BCUT2D eigenvalue weighted by Gasteiger charge is 2.38. The van der Waals surface area contributed by atoms with Crippen LogP contribution in [0.5, 0.6) is 0 Å². The van der Waals surface area contributed by atoms with E-state index in [1.165, 1.54) is 6.20 Å². The molecule has 31 heavy (non-hydrogen) atoms. The summed E-state index contributed by atoms with van der Waals surface area (Å²) in [6.07, 6.45) is 5.49. The minimum Gasteiger partial charge on any atom is -0.339 e. The fourth-order valence-electron chi connectivity index (χ4n) is 4.22. The van der Waals surface area contributed by atoms with Gasteiger partial charge >= 0.3 is 0 Å². The van der Waals surface area contributed by atoms with Gasteiger partial charge in [-0.25, -0.2) is 27.2 Å². The monoisotopic (exact) mass is 443 g/mol.